The molecule has 1 atom stereocenters. The van der Waals surface area contributed by atoms with Crippen LogP contribution in [0, 0.1) is 0 Å². The highest BCUT2D eigenvalue weighted by atomic mass is 16.5. The topological polar surface area (TPSA) is 61.8 Å². The van der Waals surface area contributed by atoms with Crippen molar-refractivity contribution in [2.45, 2.75) is 31.3 Å². The van der Waals surface area contributed by atoms with Crippen LogP contribution in [0.1, 0.15) is 19.8 Å². The molecule has 0 aromatic heterocycles. The molecular formula is C11H22N2O3. The summed E-state index contributed by atoms with van der Waals surface area (Å²) in [5.74, 6) is -0.853. The summed E-state index contributed by atoms with van der Waals surface area (Å²) in [5.41, 5.74) is -0.977. The zero-order chi connectivity index (χ0) is 12.2. The first kappa shape index (κ1) is 13.4. The smallest absolute Gasteiger partial charge is 0.326 e. The van der Waals surface area contributed by atoms with Gasteiger partial charge in [0, 0.05) is 13.2 Å². The quantitative estimate of drug-likeness (QED) is 0.704. The molecule has 1 heterocycles. The van der Waals surface area contributed by atoms with Gasteiger partial charge in [0.25, 0.3) is 0 Å². The van der Waals surface area contributed by atoms with Crippen molar-refractivity contribution in [2.24, 2.45) is 0 Å². The Morgan fingerprint density at radius 3 is 2.56 bits per heavy atom. The maximum Gasteiger partial charge on any atom is 0.326 e. The van der Waals surface area contributed by atoms with Gasteiger partial charge in [0.2, 0.25) is 0 Å². The molecule has 5 heteroatoms. The van der Waals surface area contributed by atoms with Crippen LogP contribution in [0.15, 0.2) is 0 Å². The lowest BCUT2D eigenvalue weighted by molar-refractivity contribution is -0.147. The van der Waals surface area contributed by atoms with Gasteiger partial charge >= 0.3 is 5.97 Å². The van der Waals surface area contributed by atoms with Crippen LogP contribution >= 0.6 is 0 Å². The van der Waals surface area contributed by atoms with Gasteiger partial charge in [0.15, 0.2) is 0 Å². The van der Waals surface area contributed by atoms with Crippen molar-refractivity contribution < 1.29 is 14.6 Å². The van der Waals surface area contributed by atoms with Gasteiger partial charge in [-0.1, -0.05) is 0 Å². The lowest BCUT2D eigenvalue weighted by Gasteiger charge is -2.35. The van der Waals surface area contributed by atoms with E-state index in [-0.39, 0.29) is 12.6 Å². The van der Waals surface area contributed by atoms with Crippen molar-refractivity contribution in [3.05, 3.63) is 0 Å². The second-order valence-electron chi connectivity index (χ2n) is 4.79. The predicted molar refractivity (Wildman–Crippen MR) is 61.6 cm³/mol. The van der Waals surface area contributed by atoms with E-state index in [2.05, 4.69) is 17.3 Å². The van der Waals surface area contributed by atoms with Crippen LogP contribution in [0.3, 0.4) is 0 Å². The lowest BCUT2D eigenvalue weighted by atomic mass is 9.98. The zero-order valence-corrected chi connectivity index (χ0v) is 10.3. The molecule has 5 nitrogen and oxygen atoms in total. The molecule has 0 aliphatic carbocycles. The highest BCUT2D eigenvalue weighted by molar-refractivity contribution is 5.78. The fraction of sp³-hybridized carbons (Fsp3) is 0.909. The first-order chi connectivity index (χ1) is 7.48. The highest BCUT2D eigenvalue weighted by Crippen LogP contribution is 2.14. The molecular weight excluding hydrogens is 208 g/mol. The van der Waals surface area contributed by atoms with E-state index < -0.39 is 11.5 Å². The average molecular weight is 230 g/mol. The van der Waals surface area contributed by atoms with Crippen LogP contribution in [0.5, 0.6) is 0 Å². The van der Waals surface area contributed by atoms with Crippen molar-refractivity contribution in [3.8, 4) is 0 Å². The summed E-state index contributed by atoms with van der Waals surface area (Å²) in [4.78, 5) is 13.5. The molecule has 1 aliphatic rings. The second-order valence-corrected chi connectivity index (χ2v) is 4.79. The van der Waals surface area contributed by atoms with Gasteiger partial charge in [0.1, 0.15) is 5.54 Å². The number of nitrogens with zero attached hydrogens (tertiary/aromatic N) is 1. The first-order valence-electron chi connectivity index (χ1n) is 5.66. The fourth-order valence-corrected chi connectivity index (χ4v) is 2.06. The van der Waals surface area contributed by atoms with Gasteiger partial charge in [-0.2, -0.15) is 0 Å². The van der Waals surface area contributed by atoms with E-state index in [1.165, 1.54) is 7.11 Å². The molecule has 1 unspecified atom stereocenters. The zero-order valence-electron chi connectivity index (χ0n) is 10.3. The fourth-order valence-electron chi connectivity index (χ4n) is 2.06. The number of hydrogen-bond donors (Lipinski definition) is 2. The van der Waals surface area contributed by atoms with E-state index in [9.17, 15) is 9.90 Å². The van der Waals surface area contributed by atoms with E-state index in [0.29, 0.717) is 0 Å². The van der Waals surface area contributed by atoms with Crippen molar-refractivity contribution in [3.63, 3.8) is 0 Å². The lowest BCUT2D eigenvalue weighted by Crippen LogP contribution is -2.58. The Labute approximate surface area is 96.8 Å². The third-order valence-electron chi connectivity index (χ3n) is 3.15. The van der Waals surface area contributed by atoms with Crippen molar-refractivity contribution in [1.29, 1.82) is 0 Å². The Morgan fingerprint density at radius 2 is 2.12 bits per heavy atom. The predicted octanol–water partition coefficient (Wildman–Crippen LogP) is 0.160. The molecule has 1 rings (SSSR count). The Morgan fingerprint density at radius 1 is 1.56 bits per heavy atom. The van der Waals surface area contributed by atoms with Gasteiger partial charge in [-0.05, 0) is 39.9 Å². The molecule has 0 bridgehead atoms. The number of methoxy groups -OCH3 is 1. The van der Waals surface area contributed by atoms with Crippen LogP contribution in [-0.2, 0) is 9.53 Å². The SMILES string of the molecule is COCC(C)(NC1CCN(C)CC1)C(=O)O. The summed E-state index contributed by atoms with van der Waals surface area (Å²) in [5, 5.41) is 12.4. The van der Waals surface area contributed by atoms with Crippen LogP contribution in [-0.4, -0.2) is 61.4 Å². The summed E-state index contributed by atoms with van der Waals surface area (Å²) >= 11 is 0. The maximum atomic E-state index is 11.2. The number of ether oxygens (including phenoxy) is 1. The highest BCUT2D eigenvalue weighted by Gasteiger charge is 2.35. The Hall–Kier alpha value is -0.650. The van der Waals surface area contributed by atoms with E-state index in [4.69, 9.17) is 4.74 Å². The molecule has 0 aromatic rings. The summed E-state index contributed by atoms with van der Waals surface area (Å²) in [6.07, 6.45) is 1.98. The number of aliphatic carboxylic acids is 1. The molecule has 94 valence electrons. The van der Waals surface area contributed by atoms with E-state index in [0.717, 1.165) is 25.9 Å². The number of carbonyl (C=O) groups is 1. The minimum Gasteiger partial charge on any atom is -0.480 e. The molecule has 0 amide bonds. The molecule has 2 N–H and O–H groups in total. The average Bonchev–Trinajstić information content (AvgIpc) is 2.22. The van der Waals surface area contributed by atoms with Crippen molar-refractivity contribution >= 4 is 5.97 Å². The number of rotatable bonds is 5. The third-order valence-corrected chi connectivity index (χ3v) is 3.15. The minimum absolute atomic E-state index is 0.189. The Balaban J connectivity index is 2.52. The van der Waals surface area contributed by atoms with Gasteiger partial charge in [-0.3, -0.25) is 10.1 Å². The van der Waals surface area contributed by atoms with E-state index in [1.807, 2.05) is 0 Å². The summed E-state index contributed by atoms with van der Waals surface area (Å²) < 4.78 is 4.98. The van der Waals surface area contributed by atoms with E-state index in [1.54, 1.807) is 6.92 Å². The van der Waals surface area contributed by atoms with Crippen molar-refractivity contribution in [1.82, 2.24) is 10.2 Å². The molecule has 1 saturated heterocycles. The van der Waals surface area contributed by atoms with Crippen LogP contribution in [0.2, 0.25) is 0 Å². The van der Waals surface area contributed by atoms with Gasteiger partial charge in [-0.15, -0.1) is 0 Å². The Kier molecular flexibility index (Phi) is 4.70. The first-order valence-corrected chi connectivity index (χ1v) is 5.66. The summed E-state index contributed by atoms with van der Waals surface area (Å²) in [7, 11) is 3.61. The molecule has 1 aliphatic heterocycles. The standard InChI is InChI=1S/C11H22N2O3/c1-11(8-16-3,10(14)15)12-9-4-6-13(2)7-5-9/h9,12H,4-8H2,1-3H3,(H,14,15). The molecule has 0 spiro atoms. The molecule has 1 fully saturated rings. The number of carboxylic acids is 1. The van der Waals surface area contributed by atoms with Crippen molar-refractivity contribution in [2.75, 3.05) is 33.9 Å². The molecule has 16 heavy (non-hydrogen) atoms. The summed E-state index contributed by atoms with van der Waals surface area (Å²) in [6.45, 7) is 3.90. The van der Waals surface area contributed by atoms with E-state index >= 15 is 0 Å². The van der Waals surface area contributed by atoms with Crippen LogP contribution < -0.4 is 5.32 Å². The van der Waals surface area contributed by atoms with Gasteiger partial charge in [0.05, 0.1) is 6.61 Å². The minimum atomic E-state index is -0.977. The molecule has 0 radical (unpaired) electrons. The van der Waals surface area contributed by atoms with Gasteiger partial charge in [-0.25, -0.2) is 0 Å². The monoisotopic (exact) mass is 230 g/mol. The van der Waals surface area contributed by atoms with Crippen LogP contribution in [0.4, 0.5) is 0 Å². The third kappa shape index (κ3) is 3.43. The number of piperidine rings is 1. The second kappa shape index (κ2) is 5.61. The summed E-state index contributed by atoms with van der Waals surface area (Å²) in [6, 6.07) is 0.271. The largest absolute Gasteiger partial charge is 0.480 e. The Bertz CT molecular complexity index is 239. The normalized spacial score (nSPS) is 22.9. The number of likely N-dealkylation sites (tertiary alicyclic amines) is 1. The maximum absolute atomic E-state index is 11.2. The number of carboxylic acid groups (broad SMARTS) is 1. The molecule has 0 saturated carbocycles. The molecule has 0 aromatic carbocycles. The van der Waals surface area contributed by atoms with Gasteiger partial charge < -0.3 is 14.7 Å². The van der Waals surface area contributed by atoms with Crippen LogP contribution in [0.25, 0.3) is 0 Å². The number of hydrogen-bond acceptors (Lipinski definition) is 4. The number of nitrogens with one attached hydrogen (secondary N) is 1.